The minimum absolute atomic E-state index is 0.209. The normalized spacial score (nSPS) is 13.2. The molecule has 0 bridgehead atoms. The molecule has 0 aliphatic rings. The second-order valence-corrected chi connectivity index (χ2v) is 4.89. The van der Waals surface area contributed by atoms with Crippen molar-refractivity contribution in [1.82, 2.24) is 0 Å². The molecule has 80 valence electrons. The molecule has 0 aromatic heterocycles. The van der Waals surface area contributed by atoms with Crippen LogP contribution in [0.3, 0.4) is 0 Å². The van der Waals surface area contributed by atoms with E-state index in [2.05, 4.69) is 0 Å². The quantitative estimate of drug-likeness (QED) is 0.676. The van der Waals surface area contributed by atoms with Gasteiger partial charge in [0.05, 0.1) is 5.75 Å². The van der Waals surface area contributed by atoms with Crippen LogP contribution in [0.1, 0.15) is 33.1 Å². The van der Waals surface area contributed by atoms with Gasteiger partial charge in [-0.05, 0) is 31.2 Å². The van der Waals surface area contributed by atoms with Crippen molar-refractivity contribution >= 4 is 10.2 Å². The highest BCUT2D eigenvalue weighted by Gasteiger charge is 2.26. The smallest absolute Gasteiger partial charge is 0.302 e. The van der Waals surface area contributed by atoms with Gasteiger partial charge in [0, 0.05) is 0 Å². The molecule has 0 aromatic carbocycles. The van der Waals surface area contributed by atoms with Crippen LogP contribution >= 0.6 is 0 Å². The van der Waals surface area contributed by atoms with Gasteiger partial charge in [-0.2, -0.15) is 8.42 Å². The van der Waals surface area contributed by atoms with Crippen molar-refractivity contribution in [3.8, 4) is 0 Å². The molecular weight excluding hydrogens is 193 g/mol. The average molecular weight is 211 g/mol. The number of rotatable bonds is 6. The van der Waals surface area contributed by atoms with Gasteiger partial charge in [0.2, 0.25) is 0 Å². The molecule has 0 aliphatic heterocycles. The Kier molecular flexibility index (Phi) is 4.85. The van der Waals surface area contributed by atoms with Crippen molar-refractivity contribution < 1.29 is 12.3 Å². The summed E-state index contributed by atoms with van der Waals surface area (Å²) >= 11 is 0. The zero-order valence-electron chi connectivity index (χ0n) is 8.22. The second kappa shape index (κ2) is 4.91. The Morgan fingerprint density at radius 1 is 1.31 bits per heavy atom. The first kappa shape index (κ1) is 12.8. The fourth-order valence-corrected chi connectivity index (χ4v) is 2.01. The summed E-state index contributed by atoms with van der Waals surface area (Å²) in [5, 5.41) is 0. The number of hydrogen-bond donors (Lipinski definition) is 1. The molecule has 0 aromatic rings. The van der Waals surface area contributed by atoms with Gasteiger partial charge in [-0.1, -0.05) is 13.8 Å². The summed E-state index contributed by atoms with van der Waals surface area (Å²) in [6.07, 6.45) is 1.89. The molecule has 0 amide bonds. The highest BCUT2D eigenvalue weighted by atomic mass is 32.3. The van der Waals surface area contributed by atoms with Crippen LogP contribution in [-0.2, 0) is 10.2 Å². The first-order valence-electron chi connectivity index (χ1n) is 4.51. The highest BCUT2D eigenvalue weighted by molar-refractivity contribution is 7.86. The standard InChI is InChI=1S/C8H18FNO2S/c1-3-8(4-2,7-10)5-6-13(9,11)12/h3-7,10H2,1-2H3. The SMILES string of the molecule is CCC(CC)(CN)CCS(=O)(=O)F. The zero-order valence-corrected chi connectivity index (χ0v) is 9.03. The molecule has 0 saturated carbocycles. The van der Waals surface area contributed by atoms with Crippen LogP contribution in [0, 0.1) is 5.41 Å². The van der Waals surface area contributed by atoms with Gasteiger partial charge < -0.3 is 5.73 Å². The summed E-state index contributed by atoms with van der Waals surface area (Å²) in [6, 6.07) is 0. The molecule has 3 nitrogen and oxygen atoms in total. The van der Waals surface area contributed by atoms with Crippen molar-refractivity contribution in [3.63, 3.8) is 0 Å². The van der Waals surface area contributed by atoms with Gasteiger partial charge in [0.1, 0.15) is 0 Å². The number of nitrogens with two attached hydrogens (primary N) is 1. The first-order chi connectivity index (χ1) is 5.89. The fraction of sp³-hybridized carbons (Fsp3) is 1.00. The fourth-order valence-electron chi connectivity index (χ4n) is 1.33. The van der Waals surface area contributed by atoms with Gasteiger partial charge in [0.25, 0.3) is 0 Å². The summed E-state index contributed by atoms with van der Waals surface area (Å²) in [5.74, 6) is -0.411. The minimum Gasteiger partial charge on any atom is -0.330 e. The van der Waals surface area contributed by atoms with E-state index in [-0.39, 0.29) is 5.41 Å². The van der Waals surface area contributed by atoms with Crippen molar-refractivity contribution in [2.24, 2.45) is 11.1 Å². The van der Waals surface area contributed by atoms with E-state index in [1.165, 1.54) is 0 Å². The second-order valence-electron chi connectivity index (χ2n) is 3.40. The summed E-state index contributed by atoms with van der Waals surface area (Å²) in [4.78, 5) is 0. The van der Waals surface area contributed by atoms with Crippen LogP contribution in [0.25, 0.3) is 0 Å². The monoisotopic (exact) mass is 211 g/mol. The lowest BCUT2D eigenvalue weighted by molar-refractivity contribution is 0.262. The largest absolute Gasteiger partial charge is 0.330 e. The zero-order chi connectivity index (χ0) is 10.5. The molecule has 0 heterocycles. The molecule has 2 N–H and O–H groups in total. The number of halogens is 1. The van der Waals surface area contributed by atoms with E-state index in [9.17, 15) is 12.3 Å². The predicted molar refractivity (Wildman–Crippen MR) is 51.6 cm³/mol. The predicted octanol–water partition coefficient (Wildman–Crippen LogP) is 1.44. The van der Waals surface area contributed by atoms with Crippen LogP contribution in [0.2, 0.25) is 0 Å². The Morgan fingerprint density at radius 3 is 2.00 bits per heavy atom. The van der Waals surface area contributed by atoms with Crippen molar-refractivity contribution in [3.05, 3.63) is 0 Å². The molecule has 0 radical (unpaired) electrons. The molecular formula is C8H18FNO2S. The summed E-state index contributed by atoms with van der Waals surface area (Å²) < 4.78 is 32.9. The molecule has 0 spiro atoms. The van der Waals surface area contributed by atoms with E-state index >= 15 is 0 Å². The minimum atomic E-state index is -4.34. The van der Waals surface area contributed by atoms with Gasteiger partial charge in [-0.25, -0.2) is 0 Å². The van der Waals surface area contributed by atoms with Crippen LogP contribution in [0.5, 0.6) is 0 Å². The first-order valence-corrected chi connectivity index (χ1v) is 6.07. The van der Waals surface area contributed by atoms with E-state index in [1.807, 2.05) is 13.8 Å². The maximum absolute atomic E-state index is 12.3. The van der Waals surface area contributed by atoms with Crippen molar-refractivity contribution in [2.45, 2.75) is 33.1 Å². The van der Waals surface area contributed by atoms with Crippen LogP contribution in [0.15, 0.2) is 0 Å². The van der Waals surface area contributed by atoms with Crippen LogP contribution < -0.4 is 5.73 Å². The third-order valence-corrected chi connectivity index (χ3v) is 3.50. The molecule has 13 heavy (non-hydrogen) atoms. The summed E-state index contributed by atoms with van der Waals surface area (Å²) in [6.45, 7) is 4.30. The van der Waals surface area contributed by atoms with E-state index in [4.69, 9.17) is 5.73 Å². The van der Waals surface area contributed by atoms with E-state index < -0.39 is 16.0 Å². The Labute approximate surface area is 79.7 Å². The van der Waals surface area contributed by atoms with Gasteiger partial charge in [-0.3, -0.25) is 0 Å². The maximum Gasteiger partial charge on any atom is 0.302 e. The summed E-state index contributed by atoms with van der Waals surface area (Å²) in [5.41, 5.74) is 5.33. The van der Waals surface area contributed by atoms with E-state index in [0.29, 0.717) is 13.0 Å². The Bertz CT molecular complexity index is 226. The summed E-state index contributed by atoms with van der Waals surface area (Å²) in [7, 11) is -4.34. The molecule has 0 aliphatic carbocycles. The van der Waals surface area contributed by atoms with Gasteiger partial charge in [-0.15, -0.1) is 3.89 Å². The van der Waals surface area contributed by atoms with Crippen LogP contribution in [0.4, 0.5) is 3.89 Å². The molecule has 0 unspecified atom stereocenters. The number of hydrogen-bond acceptors (Lipinski definition) is 3. The third kappa shape index (κ3) is 4.57. The van der Waals surface area contributed by atoms with Gasteiger partial charge in [0.15, 0.2) is 0 Å². The highest BCUT2D eigenvalue weighted by Crippen LogP contribution is 2.29. The topological polar surface area (TPSA) is 60.2 Å². The molecule has 0 fully saturated rings. The molecule has 5 heteroatoms. The molecule has 0 saturated heterocycles. The Morgan fingerprint density at radius 2 is 1.77 bits per heavy atom. The molecule has 0 rings (SSSR count). The maximum atomic E-state index is 12.3. The van der Waals surface area contributed by atoms with Crippen LogP contribution in [-0.4, -0.2) is 20.7 Å². The third-order valence-electron chi connectivity index (χ3n) is 2.81. The Hall–Kier alpha value is -0.160. The van der Waals surface area contributed by atoms with Gasteiger partial charge >= 0.3 is 10.2 Å². The lowest BCUT2D eigenvalue weighted by Gasteiger charge is -2.29. The van der Waals surface area contributed by atoms with Crippen molar-refractivity contribution in [2.75, 3.05) is 12.3 Å². The lowest BCUT2D eigenvalue weighted by Crippen LogP contribution is -2.31. The lowest BCUT2D eigenvalue weighted by atomic mass is 9.80. The Balaban J connectivity index is 4.27. The average Bonchev–Trinajstić information content (AvgIpc) is 2.06. The van der Waals surface area contributed by atoms with E-state index in [0.717, 1.165) is 12.8 Å². The van der Waals surface area contributed by atoms with Crippen molar-refractivity contribution in [1.29, 1.82) is 0 Å². The molecule has 0 atom stereocenters. The van der Waals surface area contributed by atoms with E-state index in [1.54, 1.807) is 0 Å².